The number of hydrogen-bond donors (Lipinski definition) is 2. The molecule has 1 aliphatic rings. The summed E-state index contributed by atoms with van der Waals surface area (Å²) in [6.07, 6.45) is 4.13. The topological polar surface area (TPSA) is 58.6 Å². The van der Waals surface area contributed by atoms with Crippen molar-refractivity contribution in [2.45, 2.75) is 38.1 Å². The van der Waals surface area contributed by atoms with Gasteiger partial charge in [-0.3, -0.25) is 4.79 Å². The zero-order valence-electron chi connectivity index (χ0n) is 11.3. The molecule has 1 unspecified atom stereocenters. The third-order valence-electron chi connectivity index (χ3n) is 3.64. The van der Waals surface area contributed by atoms with E-state index in [2.05, 4.69) is 17.4 Å². The Morgan fingerprint density at radius 2 is 2.32 bits per heavy atom. The van der Waals surface area contributed by atoms with Crippen molar-refractivity contribution < 1.29 is 14.6 Å². The zero-order chi connectivity index (χ0) is 13.7. The van der Waals surface area contributed by atoms with Crippen LogP contribution >= 0.6 is 0 Å². The lowest BCUT2D eigenvalue weighted by Gasteiger charge is -2.26. The van der Waals surface area contributed by atoms with Crippen molar-refractivity contribution in [3.8, 4) is 5.75 Å². The first-order valence-corrected chi connectivity index (χ1v) is 6.80. The van der Waals surface area contributed by atoms with Crippen molar-refractivity contribution in [3.63, 3.8) is 0 Å². The summed E-state index contributed by atoms with van der Waals surface area (Å²) in [4.78, 5) is 10.4. The molecule has 1 aromatic carbocycles. The number of aliphatic carboxylic acids is 1. The molecule has 0 amide bonds. The molecule has 0 fully saturated rings. The number of methoxy groups -OCH3 is 1. The average Bonchev–Trinajstić information content (AvgIpc) is 2.42. The number of ether oxygens (including phenoxy) is 1. The predicted octanol–water partition coefficient (Wildman–Crippen LogP) is 2.01. The molecule has 0 saturated carbocycles. The van der Waals surface area contributed by atoms with Crippen LogP contribution in [-0.2, 0) is 17.6 Å². The van der Waals surface area contributed by atoms with Crippen LogP contribution in [0.4, 0.5) is 0 Å². The standard InChI is InChI=1S/C15H21NO3/c1-19-14-7-5-11-4-6-13(9-12(11)10-14)16-8-2-3-15(17)18/h5,7,10,13,16H,2-4,6,8-9H2,1H3,(H,17,18). The molecular formula is C15H21NO3. The number of nitrogens with one attached hydrogen (secondary N) is 1. The summed E-state index contributed by atoms with van der Waals surface area (Å²) >= 11 is 0. The quantitative estimate of drug-likeness (QED) is 0.771. The molecule has 0 saturated heterocycles. The Hall–Kier alpha value is -1.55. The van der Waals surface area contributed by atoms with Crippen LogP contribution in [0.25, 0.3) is 0 Å². The van der Waals surface area contributed by atoms with E-state index in [0.717, 1.165) is 31.6 Å². The van der Waals surface area contributed by atoms with E-state index >= 15 is 0 Å². The second-order valence-electron chi connectivity index (χ2n) is 5.03. The molecular weight excluding hydrogens is 242 g/mol. The van der Waals surface area contributed by atoms with Gasteiger partial charge in [0.05, 0.1) is 7.11 Å². The summed E-state index contributed by atoms with van der Waals surface area (Å²) in [5.74, 6) is 0.186. The van der Waals surface area contributed by atoms with Crippen molar-refractivity contribution >= 4 is 5.97 Å². The highest BCUT2D eigenvalue weighted by Crippen LogP contribution is 2.25. The van der Waals surface area contributed by atoms with Gasteiger partial charge in [0.1, 0.15) is 5.75 Å². The van der Waals surface area contributed by atoms with E-state index in [1.807, 2.05) is 6.07 Å². The van der Waals surface area contributed by atoms with E-state index in [0.29, 0.717) is 12.5 Å². The number of rotatable bonds is 6. The fraction of sp³-hybridized carbons (Fsp3) is 0.533. The monoisotopic (exact) mass is 263 g/mol. The smallest absolute Gasteiger partial charge is 0.303 e. The highest BCUT2D eigenvalue weighted by molar-refractivity contribution is 5.66. The van der Waals surface area contributed by atoms with Crippen LogP contribution in [0.15, 0.2) is 18.2 Å². The Labute approximate surface area is 113 Å². The number of carboxylic acid groups (broad SMARTS) is 1. The minimum atomic E-state index is -0.722. The minimum absolute atomic E-state index is 0.240. The van der Waals surface area contributed by atoms with Gasteiger partial charge in [0, 0.05) is 12.5 Å². The van der Waals surface area contributed by atoms with E-state index in [4.69, 9.17) is 9.84 Å². The normalized spacial score (nSPS) is 17.8. The molecule has 1 atom stereocenters. The SMILES string of the molecule is COc1ccc2c(c1)CC(NCCCC(=O)O)CC2. The minimum Gasteiger partial charge on any atom is -0.497 e. The zero-order valence-corrected chi connectivity index (χ0v) is 11.3. The summed E-state index contributed by atoms with van der Waals surface area (Å²) in [7, 11) is 1.69. The van der Waals surface area contributed by atoms with Gasteiger partial charge in [-0.15, -0.1) is 0 Å². The molecule has 2 rings (SSSR count). The number of aryl methyl sites for hydroxylation is 1. The number of hydrogen-bond acceptors (Lipinski definition) is 3. The number of carbonyl (C=O) groups is 1. The largest absolute Gasteiger partial charge is 0.497 e. The van der Waals surface area contributed by atoms with E-state index in [-0.39, 0.29) is 6.42 Å². The van der Waals surface area contributed by atoms with Crippen LogP contribution in [0.1, 0.15) is 30.4 Å². The molecule has 0 radical (unpaired) electrons. The molecule has 4 nitrogen and oxygen atoms in total. The maximum atomic E-state index is 10.4. The molecule has 0 bridgehead atoms. The Balaban J connectivity index is 1.85. The van der Waals surface area contributed by atoms with Gasteiger partial charge in [-0.1, -0.05) is 6.07 Å². The molecule has 19 heavy (non-hydrogen) atoms. The van der Waals surface area contributed by atoms with Crippen LogP contribution in [0.3, 0.4) is 0 Å². The van der Waals surface area contributed by atoms with Crippen LogP contribution in [0, 0.1) is 0 Å². The molecule has 0 aliphatic heterocycles. The van der Waals surface area contributed by atoms with E-state index in [9.17, 15) is 4.79 Å². The molecule has 0 aromatic heterocycles. The van der Waals surface area contributed by atoms with Crippen LogP contribution in [-0.4, -0.2) is 30.8 Å². The summed E-state index contributed by atoms with van der Waals surface area (Å²) in [6, 6.07) is 6.72. The Kier molecular flexibility index (Phi) is 4.80. The third-order valence-corrected chi connectivity index (χ3v) is 3.64. The number of carboxylic acids is 1. The highest BCUT2D eigenvalue weighted by Gasteiger charge is 2.18. The molecule has 1 aliphatic carbocycles. The Morgan fingerprint density at radius 3 is 3.05 bits per heavy atom. The van der Waals surface area contributed by atoms with E-state index in [1.54, 1.807) is 7.11 Å². The summed E-state index contributed by atoms with van der Waals surface area (Å²) in [5, 5.41) is 12.0. The number of benzene rings is 1. The van der Waals surface area contributed by atoms with Gasteiger partial charge in [0.2, 0.25) is 0 Å². The van der Waals surface area contributed by atoms with Crippen molar-refractivity contribution in [2.24, 2.45) is 0 Å². The van der Waals surface area contributed by atoms with Crippen molar-refractivity contribution in [1.82, 2.24) is 5.32 Å². The van der Waals surface area contributed by atoms with Crippen LogP contribution in [0.5, 0.6) is 5.75 Å². The Bertz CT molecular complexity index is 445. The molecule has 4 heteroatoms. The number of fused-ring (bicyclic) bond motifs is 1. The molecule has 2 N–H and O–H groups in total. The van der Waals surface area contributed by atoms with Gasteiger partial charge in [0.25, 0.3) is 0 Å². The van der Waals surface area contributed by atoms with E-state index < -0.39 is 5.97 Å². The second kappa shape index (κ2) is 6.57. The Morgan fingerprint density at radius 1 is 1.47 bits per heavy atom. The first-order valence-electron chi connectivity index (χ1n) is 6.80. The van der Waals surface area contributed by atoms with Gasteiger partial charge in [-0.25, -0.2) is 0 Å². The predicted molar refractivity (Wildman–Crippen MR) is 73.7 cm³/mol. The van der Waals surface area contributed by atoms with Gasteiger partial charge in [0.15, 0.2) is 0 Å². The molecule has 1 aromatic rings. The maximum Gasteiger partial charge on any atom is 0.303 e. The first-order chi connectivity index (χ1) is 9.19. The molecule has 0 heterocycles. The summed E-state index contributed by atoms with van der Waals surface area (Å²) in [6.45, 7) is 0.774. The average molecular weight is 263 g/mol. The lowest BCUT2D eigenvalue weighted by Crippen LogP contribution is -2.35. The third kappa shape index (κ3) is 3.96. The van der Waals surface area contributed by atoms with E-state index in [1.165, 1.54) is 11.1 Å². The van der Waals surface area contributed by atoms with Gasteiger partial charge >= 0.3 is 5.97 Å². The fourth-order valence-corrected chi connectivity index (χ4v) is 2.58. The van der Waals surface area contributed by atoms with Crippen molar-refractivity contribution in [2.75, 3.05) is 13.7 Å². The lowest BCUT2D eigenvalue weighted by atomic mass is 9.88. The lowest BCUT2D eigenvalue weighted by molar-refractivity contribution is -0.137. The fourth-order valence-electron chi connectivity index (χ4n) is 2.58. The first kappa shape index (κ1) is 13.9. The van der Waals surface area contributed by atoms with Crippen LogP contribution in [0.2, 0.25) is 0 Å². The summed E-state index contributed by atoms with van der Waals surface area (Å²) < 4.78 is 5.25. The van der Waals surface area contributed by atoms with Gasteiger partial charge < -0.3 is 15.2 Å². The maximum absolute atomic E-state index is 10.4. The van der Waals surface area contributed by atoms with Gasteiger partial charge in [-0.05, 0) is 55.5 Å². The second-order valence-corrected chi connectivity index (χ2v) is 5.03. The van der Waals surface area contributed by atoms with Crippen LogP contribution < -0.4 is 10.1 Å². The van der Waals surface area contributed by atoms with Crippen molar-refractivity contribution in [3.05, 3.63) is 29.3 Å². The van der Waals surface area contributed by atoms with Crippen molar-refractivity contribution in [1.29, 1.82) is 0 Å². The molecule has 0 spiro atoms. The molecule has 104 valence electrons. The summed E-state index contributed by atoms with van der Waals surface area (Å²) in [5.41, 5.74) is 2.76. The van der Waals surface area contributed by atoms with Gasteiger partial charge in [-0.2, -0.15) is 0 Å². The highest BCUT2D eigenvalue weighted by atomic mass is 16.5.